The third kappa shape index (κ3) is 2.52. The van der Waals surface area contributed by atoms with Crippen LogP contribution in [-0.4, -0.2) is 33.0 Å². The van der Waals surface area contributed by atoms with Crippen molar-refractivity contribution in [1.82, 2.24) is 0 Å². The molecule has 4 nitrogen and oxygen atoms in total. The van der Waals surface area contributed by atoms with Gasteiger partial charge in [-0.3, -0.25) is 0 Å². The zero-order valence-electron chi connectivity index (χ0n) is 9.61. The predicted molar refractivity (Wildman–Crippen MR) is 66.4 cm³/mol. The maximum atomic E-state index is 13.3. The number of sulfone groups is 1. The number of aryl methyl sites for hydroxylation is 1. The van der Waals surface area contributed by atoms with E-state index in [0.717, 1.165) is 5.69 Å². The van der Waals surface area contributed by atoms with E-state index in [1.165, 1.54) is 6.07 Å². The minimum Gasteiger partial charge on any atom is -0.397 e. The van der Waals surface area contributed by atoms with Crippen molar-refractivity contribution >= 4 is 21.2 Å². The molecule has 1 aliphatic heterocycles. The van der Waals surface area contributed by atoms with Gasteiger partial charge >= 0.3 is 0 Å². The Morgan fingerprint density at radius 3 is 2.47 bits per heavy atom. The fourth-order valence-electron chi connectivity index (χ4n) is 1.91. The topological polar surface area (TPSA) is 63.4 Å². The van der Waals surface area contributed by atoms with Gasteiger partial charge in [0.2, 0.25) is 0 Å². The number of nitrogens with two attached hydrogens (primary N) is 1. The van der Waals surface area contributed by atoms with E-state index in [1.807, 2.05) is 4.90 Å². The van der Waals surface area contributed by atoms with Gasteiger partial charge in [0.15, 0.2) is 9.84 Å². The summed E-state index contributed by atoms with van der Waals surface area (Å²) in [6.07, 6.45) is 0. The van der Waals surface area contributed by atoms with Gasteiger partial charge in [0.05, 0.1) is 22.9 Å². The van der Waals surface area contributed by atoms with Crippen molar-refractivity contribution < 1.29 is 12.8 Å². The van der Waals surface area contributed by atoms with Gasteiger partial charge in [-0.25, -0.2) is 12.8 Å². The Kier molecular flexibility index (Phi) is 2.99. The average Bonchev–Trinajstić information content (AvgIpc) is 2.24. The summed E-state index contributed by atoms with van der Waals surface area (Å²) >= 11 is 0. The lowest BCUT2D eigenvalue weighted by molar-refractivity contribution is 0.586. The third-order valence-corrected chi connectivity index (χ3v) is 4.60. The monoisotopic (exact) mass is 258 g/mol. The Morgan fingerprint density at radius 1 is 1.29 bits per heavy atom. The second kappa shape index (κ2) is 4.18. The first-order chi connectivity index (χ1) is 7.89. The zero-order valence-corrected chi connectivity index (χ0v) is 10.4. The van der Waals surface area contributed by atoms with E-state index < -0.39 is 9.84 Å². The van der Waals surface area contributed by atoms with E-state index in [9.17, 15) is 12.8 Å². The molecule has 0 amide bonds. The highest BCUT2D eigenvalue weighted by molar-refractivity contribution is 7.91. The van der Waals surface area contributed by atoms with E-state index in [1.54, 1.807) is 13.0 Å². The molecule has 1 aromatic rings. The van der Waals surface area contributed by atoms with Crippen LogP contribution in [0.5, 0.6) is 0 Å². The Balaban J connectivity index is 2.27. The lowest BCUT2D eigenvalue weighted by atomic mass is 10.1. The number of halogens is 1. The number of hydrogen-bond acceptors (Lipinski definition) is 4. The zero-order chi connectivity index (χ0) is 12.6. The van der Waals surface area contributed by atoms with E-state index in [0.29, 0.717) is 24.3 Å². The van der Waals surface area contributed by atoms with Gasteiger partial charge in [-0.05, 0) is 24.6 Å². The number of benzene rings is 1. The predicted octanol–water partition coefficient (Wildman–Crippen LogP) is 0.951. The van der Waals surface area contributed by atoms with E-state index in [-0.39, 0.29) is 17.3 Å². The first-order valence-corrected chi connectivity index (χ1v) is 7.22. The van der Waals surface area contributed by atoms with Gasteiger partial charge in [0.1, 0.15) is 5.82 Å². The number of nitrogen functional groups attached to an aromatic ring is 1. The molecule has 94 valence electrons. The SMILES string of the molecule is Cc1cc(N2CCS(=O)(=O)CC2)c(N)cc1F. The molecule has 1 heterocycles. The van der Waals surface area contributed by atoms with Crippen LogP contribution in [0, 0.1) is 12.7 Å². The number of rotatable bonds is 1. The van der Waals surface area contributed by atoms with Crippen LogP contribution in [0.4, 0.5) is 15.8 Å². The van der Waals surface area contributed by atoms with Gasteiger partial charge in [-0.2, -0.15) is 0 Å². The standard InChI is InChI=1S/C11H15FN2O2S/c1-8-6-11(10(13)7-9(8)12)14-2-4-17(15,16)5-3-14/h6-7H,2-5,13H2,1H3. The largest absolute Gasteiger partial charge is 0.397 e. The van der Waals surface area contributed by atoms with E-state index in [4.69, 9.17) is 5.73 Å². The summed E-state index contributed by atoms with van der Waals surface area (Å²) in [5.41, 5.74) is 7.35. The van der Waals surface area contributed by atoms with Gasteiger partial charge in [-0.15, -0.1) is 0 Å². The molecule has 1 aromatic carbocycles. The summed E-state index contributed by atoms with van der Waals surface area (Å²) in [6.45, 7) is 2.49. The summed E-state index contributed by atoms with van der Waals surface area (Å²) in [5.74, 6) is -0.0815. The third-order valence-electron chi connectivity index (χ3n) is 2.99. The van der Waals surface area contributed by atoms with Gasteiger partial charge < -0.3 is 10.6 Å². The molecule has 0 aromatic heterocycles. The molecule has 2 N–H and O–H groups in total. The molecule has 0 spiro atoms. The number of anilines is 2. The van der Waals surface area contributed by atoms with Gasteiger partial charge in [0.25, 0.3) is 0 Å². The van der Waals surface area contributed by atoms with Crippen molar-refractivity contribution in [3.63, 3.8) is 0 Å². The quantitative estimate of drug-likeness (QED) is 0.762. The van der Waals surface area contributed by atoms with E-state index in [2.05, 4.69) is 0 Å². The van der Waals surface area contributed by atoms with Gasteiger partial charge in [-0.1, -0.05) is 0 Å². The van der Waals surface area contributed by atoms with Crippen molar-refractivity contribution in [3.05, 3.63) is 23.5 Å². The molecule has 0 atom stereocenters. The fraction of sp³-hybridized carbons (Fsp3) is 0.455. The molecule has 0 bridgehead atoms. The van der Waals surface area contributed by atoms with Crippen LogP contribution in [0.15, 0.2) is 12.1 Å². The van der Waals surface area contributed by atoms with Gasteiger partial charge in [0, 0.05) is 13.1 Å². The van der Waals surface area contributed by atoms with Crippen LogP contribution >= 0.6 is 0 Å². The van der Waals surface area contributed by atoms with Crippen LogP contribution in [0.2, 0.25) is 0 Å². The first-order valence-electron chi connectivity index (χ1n) is 5.40. The van der Waals surface area contributed by atoms with Crippen molar-refractivity contribution in [1.29, 1.82) is 0 Å². The van der Waals surface area contributed by atoms with Crippen LogP contribution in [0.3, 0.4) is 0 Å². The highest BCUT2D eigenvalue weighted by Crippen LogP contribution is 2.27. The summed E-state index contributed by atoms with van der Waals surface area (Å²) < 4.78 is 35.9. The van der Waals surface area contributed by atoms with E-state index >= 15 is 0 Å². The Hall–Kier alpha value is -1.30. The Labute approximate surface area is 100 Å². The van der Waals surface area contributed by atoms with Crippen LogP contribution in [0.25, 0.3) is 0 Å². The molecule has 0 saturated carbocycles. The molecular formula is C11H15FN2O2S. The molecule has 0 unspecified atom stereocenters. The molecule has 1 saturated heterocycles. The Bertz CT molecular complexity index is 529. The second-order valence-electron chi connectivity index (χ2n) is 4.30. The maximum Gasteiger partial charge on any atom is 0.153 e. The van der Waals surface area contributed by atoms with Crippen molar-refractivity contribution in [2.24, 2.45) is 0 Å². The summed E-state index contributed by atoms with van der Waals surface area (Å²) in [7, 11) is -2.91. The smallest absolute Gasteiger partial charge is 0.153 e. The highest BCUT2D eigenvalue weighted by atomic mass is 32.2. The summed E-state index contributed by atoms with van der Waals surface area (Å²) in [4.78, 5) is 1.89. The van der Waals surface area contributed by atoms with Crippen molar-refractivity contribution in [2.75, 3.05) is 35.2 Å². The van der Waals surface area contributed by atoms with Crippen LogP contribution in [-0.2, 0) is 9.84 Å². The normalized spacial score (nSPS) is 19.3. The van der Waals surface area contributed by atoms with Crippen LogP contribution in [0.1, 0.15) is 5.56 Å². The minimum absolute atomic E-state index is 0.128. The highest BCUT2D eigenvalue weighted by Gasteiger charge is 2.23. The maximum absolute atomic E-state index is 13.3. The lowest BCUT2D eigenvalue weighted by Crippen LogP contribution is -2.40. The Morgan fingerprint density at radius 2 is 1.88 bits per heavy atom. The molecule has 0 radical (unpaired) electrons. The van der Waals surface area contributed by atoms with Crippen molar-refractivity contribution in [2.45, 2.75) is 6.92 Å². The van der Waals surface area contributed by atoms with Crippen molar-refractivity contribution in [3.8, 4) is 0 Å². The molecule has 2 rings (SSSR count). The summed E-state index contributed by atoms with van der Waals surface area (Å²) in [5, 5.41) is 0. The minimum atomic E-state index is -2.91. The molecule has 0 aliphatic carbocycles. The molecule has 1 fully saturated rings. The molecule has 17 heavy (non-hydrogen) atoms. The number of hydrogen-bond donors (Lipinski definition) is 1. The average molecular weight is 258 g/mol. The summed E-state index contributed by atoms with van der Waals surface area (Å²) in [6, 6.07) is 2.95. The number of nitrogens with zero attached hydrogens (tertiary/aromatic N) is 1. The molecular weight excluding hydrogens is 243 g/mol. The lowest BCUT2D eigenvalue weighted by Gasteiger charge is -2.30. The van der Waals surface area contributed by atoms with Crippen LogP contribution < -0.4 is 10.6 Å². The molecule has 6 heteroatoms. The fourth-order valence-corrected chi connectivity index (χ4v) is 3.11. The first kappa shape index (κ1) is 12.2. The molecule has 1 aliphatic rings. The second-order valence-corrected chi connectivity index (χ2v) is 6.60.